The van der Waals surface area contributed by atoms with Crippen molar-refractivity contribution in [1.82, 2.24) is 9.97 Å². The fraction of sp³-hybridized carbons (Fsp3) is 0.714. The number of unbranched alkanes of at least 4 members (excludes halogenated alkanes) is 1. The molecule has 0 spiro atoms. The van der Waals surface area contributed by atoms with Crippen molar-refractivity contribution in [1.29, 1.82) is 0 Å². The number of aromatic nitrogens is 2. The first-order valence-electron chi connectivity index (χ1n) is 6.95. The summed E-state index contributed by atoms with van der Waals surface area (Å²) in [5.41, 5.74) is 0.907. The van der Waals surface area contributed by atoms with E-state index in [1.54, 1.807) is 0 Å². The number of hydrogen-bond donors (Lipinski definition) is 1. The summed E-state index contributed by atoms with van der Waals surface area (Å²) in [6, 6.07) is 1.84. The fourth-order valence-electron chi connectivity index (χ4n) is 1.59. The third kappa shape index (κ3) is 6.96. The number of hydrogen-bond acceptors (Lipinski definition) is 5. The van der Waals surface area contributed by atoms with Gasteiger partial charge in [0.15, 0.2) is 0 Å². The average Bonchev–Trinajstić information content (AvgIpc) is 2.33. The Kier molecular flexibility index (Phi) is 7.18. The first-order valence-corrected chi connectivity index (χ1v) is 6.95. The van der Waals surface area contributed by atoms with E-state index in [1.807, 2.05) is 33.8 Å². The van der Waals surface area contributed by atoms with Gasteiger partial charge < -0.3 is 14.8 Å². The van der Waals surface area contributed by atoms with Crippen LogP contribution in [0, 0.1) is 6.92 Å². The van der Waals surface area contributed by atoms with Gasteiger partial charge in [0.25, 0.3) is 0 Å². The molecule has 0 aliphatic rings. The molecule has 108 valence electrons. The van der Waals surface area contributed by atoms with Crippen LogP contribution in [0.2, 0.25) is 0 Å². The topological polar surface area (TPSA) is 56.3 Å². The van der Waals surface area contributed by atoms with Gasteiger partial charge in [0.05, 0.1) is 12.7 Å². The van der Waals surface area contributed by atoms with Crippen LogP contribution < -0.4 is 10.1 Å². The van der Waals surface area contributed by atoms with E-state index >= 15 is 0 Å². The summed E-state index contributed by atoms with van der Waals surface area (Å²) < 4.78 is 10.9. The number of ether oxygens (including phenoxy) is 2. The molecule has 1 heterocycles. The molecule has 0 amide bonds. The van der Waals surface area contributed by atoms with Crippen LogP contribution in [0.25, 0.3) is 0 Å². The third-order valence-corrected chi connectivity index (χ3v) is 2.43. The maximum Gasteiger partial charge on any atom is 0.226 e. The molecule has 0 radical (unpaired) electrons. The minimum absolute atomic E-state index is 0.307. The van der Waals surface area contributed by atoms with Crippen LogP contribution in [0.3, 0.4) is 0 Å². The van der Waals surface area contributed by atoms with Crippen LogP contribution in [-0.4, -0.2) is 35.8 Å². The van der Waals surface area contributed by atoms with Gasteiger partial charge in [0.2, 0.25) is 11.8 Å². The Morgan fingerprint density at radius 1 is 1.26 bits per heavy atom. The highest BCUT2D eigenvalue weighted by Crippen LogP contribution is 2.11. The van der Waals surface area contributed by atoms with Crippen molar-refractivity contribution < 1.29 is 9.47 Å². The van der Waals surface area contributed by atoms with Crippen LogP contribution in [0.15, 0.2) is 6.07 Å². The Hall–Kier alpha value is -1.36. The highest BCUT2D eigenvalue weighted by atomic mass is 16.5. The van der Waals surface area contributed by atoms with Gasteiger partial charge in [0.1, 0.15) is 0 Å². The number of aryl methyl sites for hydroxylation is 1. The molecule has 0 atom stereocenters. The quantitative estimate of drug-likeness (QED) is 0.697. The van der Waals surface area contributed by atoms with Gasteiger partial charge in [-0.2, -0.15) is 4.98 Å². The molecule has 0 saturated heterocycles. The van der Waals surface area contributed by atoms with E-state index in [9.17, 15) is 0 Å². The van der Waals surface area contributed by atoms with Crippen LogP contribution in [0.1, 0.15) is 39.3 Å². The minimum Gasteiger partial charge on any atom is -0.478 e. The monoisotopic (exact) mass is 267 g/mol. The summed E-state index contributed by atoms with van der Waals surface area (Å²) in [7, 11) is 0. The summed E-state index contributed by atoms with van der Waals surface area (Å²) in [6.07, 6.45) is 2.38. The lowest BCUT2D eigenvalue weighted by atomic mass is 10.3. The lowest BCUT2D eigenvalue weighted by molar-refractivity contribution is 0.0765. The molecule has 0 aromatic carbocycles. The molecule has 1 N–H and O–H groups in total. The molecule has 1 aromatic rings. The smallest absolute Gasteiger partial charge is 0.226 e. The predicted octanol–water partition coefficient (Wildman–Crippen LogP) is 2.80. The van der Waals surface area contributed by atoms with E-state index in [1.165, 1.54) is 0 Å². The molecule has 1 aromatic heterocycles. The Morgan fingerprint density at radius 3 is 2.74 bits per heavy atom. The number of nitrogens with one attached hydrogen (secondary N) is 1. The highest BCUT2D eigenvalue weighted by molar-refractivity contribution is 5.30. The molecular formula is C14H25N3O2. The van der Waals surface area contributed by atoms with E-state index in [2.05, 4.69) is 15.3 Å². The maximum absolute atomic E-state index is 5.49. The second-order valence-electron chi connectivity index (χ2n) is 4.66. The first kappa shape index (κ1) is 15.7. The van der Waals surface area contributed by atoms with Gasteiger partial charge in [-0.05, 0) is 40.5 Å². The van der Waals surface area contributed by atoms with E-state index in [-0.39, 0.29) is 0 Å². The van der Waals surface area contributed by atoms with Crippen molar-refractivity contribution in [2.75, 3.05) is 25.1 Å². The van der Waals surface area contributed by atoms with Crippen molar-refractivity contribution in [2.45, 2.75) is 46.6 Å². The van der Waals surface area contributed by atoms with Crippen molar-refractivity contribution in [3.8, 4) is 5.88 Å². The molecule has 19 heavy (non-hydrogen) atoms. The molecule has 0 aliphatic carbocycles. The summed E-state index contributed by atoms with van der Waals surface area (Å²) in [6.45, 7) is 10.2. The second-order valence-corrected chi connectivity index (χ2v) is 4.66. The van der Waals surface area contributed by atoms with E-state index in [0.717, 1.165) is 31.7 Å². The number of nitrogens with zero attached hydrogens (tertiary/aromatic N) is 2. The Morgan fingerprint density at radius 2 is 2.05 bits per heavy atom. The van der Waals surface area contributed by atoms with E-state index in [4.69, 9.17) is 9.47 Å². The Labute approximate surface area is 115 Å². The number of rotatable bonds is 9. The number of anilines is 1. The Bertz CT molecular complexity index is 370. The van der Waals surface area contributed by atoms with Crippen molar-refractivity contribution in [3.05, 3.63) is 11.8 Å². The normalized spacial score (nSPS) is 10.8. The van der Waals surface area contributed by atoms with Gasteiger partial charge in [-0.15, -0.1) is 0 Å². The summed E-state index contributed by atoms with van der Waals surface area (Å²) >= 11 is 0. The summed E-state index contributed by atoms with van der Waals surface area (Å²) in [5.74, 6) is 1.26. The highest BCUT2D eigenvalue weighted by Gasteiger charge is 2.02. The average molecular weight is 267 g/mol. The van der Waals surface area contributed by atoms with Crippen molar-refractivity contribution in [2.24, 2.45) is 0 Å². The summed E-state index contributed by atoms with van der Waals surface area (Å²) in [5, 5.41) is 3.21. The van der Waals surface area contributed by atoms with Crippen LogP contribution in [0.4, 0.5) is 5.95 Å². The third-order valence-electron chi connectivity index (χ3n) is 2.43. The minimum atomic E-state index is 0.307. The molecule has 0 unspecified atom stereocenters. The Balaban J connectivity index is 2.28. The zero-order valence-corrected chi connectivity index (χ0v) is 12.4. The van der Waals surface area contributed by atoms with Crippen LogP contribution >= 0.6 is 0 Å². The van der Waals surface area contributed by atoms with Crippen molar-refractivity contribution >= 4 is 5.95 Å². The predicted molar refractivity (Wildman–Crippen MR) is 76.7 cm³/mol. The molecular weight excluding hydrogens is 242 g/mol. The van der Waals surface area contributed by atoms with Gasteiger partial charge in [-0.1, -0.05) is 0 Å². The SMILES string of the molecule is CCOc1cc(C)nc(NCCCCOC(C)C)n1. The zero-order valence-electron chi connectivity index (χ0n) is 12.4. The lowest BCUT2D eigenvalue weighted by Crippen LogP contribution is -2.09. The first-order chi connectivity index (χ1) is 9.11. The molecule has 0 fully saturated rings. The molecule has 1 rings (SSSR count). The van der Waals surface area contributed by atoms with E-state index < -0.39 is 0 Å². The molecule has 0 aliphatic heterocycles. The molecule has 5 heteroatoms. The van der Waals surface area contributed by atoms with Gasteiger partial charge in [-0.25, -0.2) is 4.98 Å². The molecule has 5 nitrogen and oxygen atoms in total. The van der Waals surface area contributed by atoms with Gasteiger partial charge >= 0.3 is 0 Å². The second kappa shape index (κ2) is 8.69. The lowest BCUT2D eigenvalue weighted by Gasteiger charge is -2.09. The van der Waals surface area contributed by atoms with E-state index in [0.29, 0.717) is 24.5 Å². The van der Waals surface area contributed by atoms with Gasteiger partial charge in [-0.3, -0.25) is 0 Å². The van der Waals surface area contributed by atoms with Crippen LogP contribution in [-0.2, 0) is 4.74 Å². The maximum atomic E-state index is 5.49. The fourth-order valence-corrected chi connectivity index (χ4v) is 1.59. The molecule has 0 bridgehead atoms. The molecule has 0 saturated carbocycles. The zero-order chi connectivity index (χ0) is 14.1. The van der Waals surface area contributed by atoms with Gasteiger partial charge in [0, 0.05) is 24.9 Å². The van der Waals surface area contributed by atoms with Crippen molar-refractivity contribution in [3.63, 3.8) is 0 Å². The standard InChI is InChI=1S/C14H25N3O2/c1-5-18-13-10-12(4)16-14(17-13)15-8-6-7-9-19-11(2)3/h10-11H,5-9H2,1-4H3,(H,15,16,17). The summed E-state index contributed by atoms with van der Waals surface area (Å²) in [4.78, 5) is 8.62. The van der Waals surface area contributed by atoms with Crippen LogP contribution in [0.5, 0.6) is 5.88 Å². The largest absolute Gasteiger partial charge is 0.478 e.